The van der Waals surface area contributed by atoms with Gasteiger partial charge >= 0.3 is 0 Å². The van der Waals surface area contributed by atoms with E-state index >= 15 is 0 Å². The second-order valence-electron chi connectivity index (χ2n) is 3.31. The molecule has 0 bridgehead atoms. The molecular formula is C11H15BrO. The Kier molecular flexibility index (Phi) is 3.94. The number of aryl methyl sites for hydroxylation is 1. The smallest absolute Gasteiger partial charge is 0.0792 e. The molecule has 0 aliphatic heterocycles. The average Bonchev–Trinajstić information content (AvgIpc) is 2.04. The Morgan fingerprint density at radius 2 is 2.15 bits per heavy atom. The summed E-state index contributed by atoms with van der Waals surface area (Å²) in [4.78, 5) is 0. The number of halogens is 1. The predicted octanol–water partition coefficient (Wildman–Crippen LogP) is 3.59. The number of aliphatic hydroxyl groups excluding tert-OH is 1. The summed E-state index contributed by atoms with van der Waals surface area (Å²) in [6, 6.07) is 6.00. The number of hydrogen-bond donors (Lipinski definition) is 1. The van der Waals surface area contributed by atoms with Crippen LogP contribution in [-0.2, 0) is 0 Å². The van der Waals surface area contributed by atoms with Gasteiger partial charge in [-0.05, 0) is 36.6 Å². The van der Waals surface area contributed by atoms with E-state index in [9.17, 15) is 5.11 Å². The monoisotopic (exact) mass is 242 g/mol. The lowest BCUT2D eigenvalue weighted by molar-refractivity contribution is 0.166. The van der Waals surface area contributed by atoms with Gasteiger partial charge in [0.1, 0.15) is 0 Å². The molecule has 72 valence electrons. The van der Waals surface area contributed by atoms with Gasteiger partial charge in [0.05, 0.1) is 6.10 Å². The van der Waals surface area contributed by atoms with Crippen LogP contribution in [0.2, 0.25) is 0 Å². The zero-order valence-corrected chi connectivity index (χ0v) is 9.63. The molecule has 1 aromatic rings. The molecule has 0 radical (unpaired) electrons. The summed E-state index contributed by atoms with van der Waals surface area (Å²) in [5.41, 5.74) is 2.19. The van der Waals surface area contributed by atoms with Gasteiger partial charge in [-0.1, -0.05) is 35.3 Å². The summed E-state index contributed by atoms with van der Waals surface area (Å²) in [6.07, 6.45) is 1.54. The number of benzene rings is 1. The Labute approximate surface area is 87.9 Å². The summed E-state index contributed by atoms with van der Waals surface area (Å²) in [5, 5.41) is 9.78. The van der Waals surface area contributed by atoms with E-state index in [-0.39, 0.29) is 6.10 Å². The van der Waals surface area contributed by atoms with Crippen LogP contribution in [-0.4, -0.2) is 5.11 Å². The second kappa shape index (κ2) is 4.77. The van der Waals surface area contributed by atoms with E-state index in [1.54, 1.807) is 0 Å². The van der Waals surface area contributed by atoms with Crippen molar-refractivity contribution in [2.75, 3.05) is 0 Å². The quantitative estimate of drug-likeness (QED) is 0.860. The first-order valence-electron chi connectivity index (χ1n) is 4.59. The fourth-order valence-electron chi connectivity index (χ4n) is 1.44. The third-order valence-corrected chi connectivity index (χ3v) is 2.65. The molecule has 1 nitrogen and oxygen atoms in total. The minimum atomic E-state index is -0.307. The van der Waals surface area contributed by atoms with Gasteiger partial charge in [-0.25, -0.2) is 0 Å². The van der Waals surface area contributed by atoms with E-state index in [2.05, 4.69) is 22.9 Å². The van der Waals surface area contributed by atoms with Crippen molar-refractivity contribution >= 4 is 15.9 Å². The Morgan fingerprint density at radius 3 is 2.69 bits per heavy atom. The molecule has 0 saturated heterocycles. The van der Waals surface area contributed by atoms with Gasteiger partial charge in [-0.15, -0.1) is 0 Å². The molecular weight excluding hydrogens is 228 g/mol. The van der Waals surface area contributed by atoms with Gasteiger partial charge in [0, 0.05) is 4.47 Å². The molecule has 1 rings (SSSR count). The first-order chi connectivity index (χ1) is 6.15. The van der Waals surface area contributed by atoms with E-state index in [4.69, 9.17) is 0 Å². The van der Waals surface area contributed by atoms with Crippen molar-refractivity contribution in [1.82, 2.24) is 0 Å². The summed E-state index contributed by atoms with van der Waals surface area (Å²) in [5.74, 6) is 0. The molecule has 0 aromatic heterocycles. The Morgan fingerprint density at radius 1 is 1.46 bits per heavy atom. The third kappa shape index (κ3) is 2.82. The van der Waals surface area contributed by atoms with Crippen molar-refractivity contribution in [3.8, 4) is 0 Å². The standard InChI is InChI=1S/C11H15BrO/c1-3-4-11(13)10-6-5-9(12)7-8(10)2/h5-7,11,13H,3-4H2,1-2H3. The minimum absolute atomic E-state index is 0.307. The molecule has 0 aliphatic rings. The lowest BCUT2D eigenvalue weighted by Crippen LogP contribution is -1.99. The summed E-state index contributed by atoms with van der Waals surface area (Å²) < 4.78 is 1.07. The largest absolute Gasteiger partial charge is 0.388 e. The van der Waals surface area contributed by atoms with E-state index in [0.29, 0.717) is 0 Å². The van der Waals surface area contributed by atoms with E-state index in [1.165, 1.54) is 0 Å². The Balaban J connectivity index is 2.88. The van der Waals surface area contributed by atoms with Crippen molar-refractivity contribution in [2.45, 2.75) is 32.8 Å². The molecule has 0 aliphatic carbocycles. The lowest BCUT2D eigenvalue weighted by atomic mass is 10.0. The van der Waals surface area contributed by atoms with Crippen molar-refractivity contribution in [1.29, 1.82) is 0 Å². The van der Waals surface area contributed by atoms with Crippen LogP contribution in [0.1, 0.15) is 37.0 Å². The molecule has 1 atom stereocenters. The van der Waals surface area contributed by atoms with Crippen LogP contribution < -0.4 is 0 Å². The van der Waals surface area contributed by atoms with Gasteiger partial charge < -0.3 is 5.11 Å². The van der Waals surface area contributed by atoms with Crippen molar-refractivity contribution in [3.05, 3.63) is 33.8 Å². The molecule has 0 heterocycles. The van der Waals surface area contributed by atoms with Gasteiger partial charge in [-0.2, -0.15) is 0 Å². The molecule has 2 heteroatoms. The number of aliphatic hydroxyl groups is 1. The topological polar surface area (TPSA) is 20.2 Å². The molecule has 1 N–H and O–H groups in total. The highest BCUT2D eigenvalue weighted by atomic mass is 79.9. The zero-order valence-electron chi connectivity index (χ0n) is 8.05. The number of hydrogen-bond acceptors (Lipinski definition) is 1. The molecule has 0 fully saturated rings. The number of rotatable bonds is 3. The second-order valence-corrected chi connectivity index (χ2v) is 4.22. The van der Waals surface area contributed by atoms with Gasteiger partial charge in [0.15, 0.2) is 0 Å². The van der Waals surface area contributed by atoms with Crippen LogP contribution in [0.3, 0.4) is 0 Å². The third-order valence-electron chi connectivity index (χ3n) is 2.15. The van der Waals surface area contributed by atoms with Gasteiger partial charge in [-0.3, -0.25) is 0 Å². The molecule has 1 unspecified atom stereocenters. The maximum Gasteiger partial charge on any atom is 0.0792 e. The molecule has 0 amide bonds. The lowest BCUT2D eigenvalue weighted by Gasteiger charge is -2.12. The summed E-state index contributed by atoms with van der Waals surface area (Å²) >= 11 is 3.40. The maximum atomic E-state index is 9.78. The van der Waals surface area contributed by atoms with Crippen molar-refractivity contribution < 1.29 is 5.11 Å². The first kappa shape index (κ1) is 10.7. The van der Waals surface area contributed by atoms with Crippen molar-refractivity contribution in [3.63, 3.8) is 0 Å². The molecule has 0 saturated carbocycles. The normalized spacial score (nSPS) is 12.9. The van der Waals surface area contributed by atoms with Crippen LogP contribution in [0.25, 0.3) is 0 Å². The summed E-state index contributed by atoms with van der Waals surface area (Å²) in [6.45, 7) is 4.11. The van der Waals surface area contributed by atoms with Gasteiger partial charge in [0.25, 0.3) is 0 Å². The van der Waals surface area contributed by atoms with Crippen LogP contribution in [0.5, 0.6) is 0 Å². The van der Waals surface area contributed by atoms with E-state index in [0.717, 1.165) is 28.4 Å². The maximum absolute atomic E-state index is 9.78. The van der Waals surface area contributed by atoms with E-state index in [1.807, 2.05) is 25.1 Å². The van der Waals surface area contributed by atoms with Crippen LogP contribution in [0.4, 0.5) is 0 Å². The Hall–Kier alpha value is -0.340. The predicted molar refractivity (Wildman–Crippen MR) is 58.7 cm³/mol. The minimum Gasteiger partial charge on any atom is -0.388 e. The van der Waals surface area contributed by atoms with Crippen LogP contribution in [0, 0.1) is 6.92 Å². The SMILES string of the molecule is CCCC(O)c1ccc(Br)cc1C. The summed E-state index contributed by atoms with van der Waals surface area (Å²) in [7, 11) is 0. The van der Waals surface area contributed by atoms with E-state index < -0.39 is 0 Å². The van der Waals surface area contributed by atoms with Crippen LogP contribution >= 0.6 is 15.9 Å². The molecule has 0 spiro atoms. The van der Waals surface area contributed by atoms with Crippen LogP contribution in [0.15, 0.2) is 22.7 Å². The average molecular weight is 243 g/mol. The highest BCUT2D eigenvalue weighted by Crippen LogP contribution is 2.24. The van der Waals surface area contributed by atoms with Crippen molar-refractivity contribution in [2.24, 2.45) is 0 Å². The zero-order chi connectivity index (χ0) is 9.84. The molecule has 13 heavy (non-hydrogen) atoms. The van der Waals surface area contributed by atoms with Gasteiger partial charge in [0.2, 0.25) is 0 Å². The fraction of sp³-hybridized carbons (Fsp3) is 0.455. The highest BCUT2D eigenvalue weighted by molar-refractivity contribution is 9.10. The fourth-order valence-corrected chi connectivity index (χ4v) is 1.92. The first-order valence-corrected chi connectivity index (χ1v) is 5.38. The molecule has 1 aromatic carbocycles. The highest BCUT2D eigenvalue weighted by Gasteiger charge is 2.08. The Bertz CT molecular complexity index is 283.